The highest BCUT2D eigenvalue weighted by molar-refractivity contribution is 7.22. The molecule has 1 aromatic carbocycles. The lowest BCUT2D eigenvalue weighted by molar-refractivity contribution is -0.148. The van der Waals surface area contributed by atoms with Gasteiger partial charge in [-0.1, -0.05) is 23.5 Å². The van der Waals surface area contributed by atoms with Crippen LogP contribution in [0.3, 0.4) is 0 Å². The molecule has 0 spiro atoms. The number of carbonyl (C=O) groups excluding carboxylic acids is 1. The van der Waals surface area contributed by atoms with Crippen LogP contribution in [0.5, 0.6) is 0 Å². The molecule has 2 saturated heterocycles. The van der Waals surface area contributed by atoms with Crippen LogP contribution >= 0.6 is 11.3 Å². The summed E-state index contributed by atoms with van der Waals surface area (Å²) in [5.74, 6) is -0.0480. The summed E-state index contributed by atoms with van der Waals surface area (Å²) in [6, 6.07) is 8.42. The Bertz CT molecular complexity index is 673. The van der Waals surface area contributed by atoms with E-state index in [2.05, 4.69) is 22.3 Å². The van der Waals surface area contributed by atoms with Gasteiger partial charge in [0, 0.05) is 19.1 Å². The maximum atomic E-state index is 12.2. The number of amides is 1. The van der Waals surface area contributed by atoms with Crippen LogP contribution in [0.2, 0.25) is 0 Å². The van der Waals surface area contributed by atoms with Gasteiger partial charge in [0.2, 0.25) is 0 Å². The fourth-order valence-corrected chi connectivity index (χ4v) is 4.16. The zero-order chi connectivity index (χ0) is 16.4. The standard InChI is InChI=1S/C17H21N3O3S/c21-16(14-11-22-9-10-23-14)18-12-5-7-20(8-6-12)17-19-13-3-1-2-4-15(13)24-17/h1-4,12,14H,5-11H2,(H,18,21)/t14-/m0/s1. The normalized spacial score (nSPS) is 22.7. The minimum atomic E-state index is -0.457. The second-order valence-electron chi connectivity index (χ2n) is 6.17. The summed E-state index contributed by atoms with van der Waals surface area (Å²) in [4.78, 5) is 19.2. The lowest BCUT2D eigenvalue weighted by Gasteiger charge is -2.33. The first kappa shape index (κ1) is 15.8. The number of rotatable bonds is 3. The van der Waals surface area contributed by atoms with Crippen LogP contribution in [0.15, 0.2) is 24.3 Å². The van der Waals surface area contributed by atoms with Gasteiger partial charge in [0.05, 0.1) is 30.0 Å². The van der Waals surface area contributed by atoms with Gasteiger partial charge in [-0.25, -0.2) is 4.98 Å². The van der Waals surface area contributed by atoms with E-state index < -0.39 is 6.10 Å². The number of para-hydroxylation sites is 1. The van der Waals surface area contributed by atoms with E-state index in [9.17, 15) is 4.79 Å². The summed E-state index contributed by atoms with van der Waals surface area (Å²) in [5, 5.41) is 4.17. The molecule has 1 N–H and O–H groups in total. The molecule has 1 aromatic heterocycles. The number of piperidine rings is 1. The van der Waals surface area contributed by atoms with E-state index in [-0.39, 0.29) is 11.9 Å². The van der Waals surface area contributed by atoms with Crippen molar-refractivity contribution in [3.63, 3.8) is 0 Å². The third-order valence-electron chi connectivity index (χ3n) is 4.50. The highest BCUT2D eigenvalue weighted by Crippen LogP contribution is 2.30. The fourth-order valence-electron chi connectivity index (χ4n) is 3.14. The van der Waals surface area contributed by atoms with Gasteiger partial charge in [-0.2, -0.15) is 0 Å². The monoisotopic (exact) mass is 347 g/mol. The van der Waals surface area contributed by atoms with Crippen molar-refractivity contribution in [2.24, 2.45) is 0 Å². The number of hydrogen-bond donors (Lipinski definition) is 1. The number of fused-ring (bicyclic) bond motifs is 1. The molecule has 128 valence electrons. The molecule has 3 heterocycles. The summed E-state index contributed by atoms with van der Waals surface area (Å²) in [7, 11) is 0. The highest BCUT2D eigenvalue weighted by atomic mass is 32.1. The molecular formula is C17H21N3O3S. The molecular weight excluding hydrogens is 326 g/mol. The Balaban J connectivity index is 1.32. The minimum absolute atomic E-state index is 0.0480. The first-order valence-electron chi connectivity index (χ1n) is 8.40. The SMILES string of the molecule is O=C(NC1CCN(c2nc3ccccc3s2)CC1)[C@@H]1COCCO1. The molecule has 0 unspecified atom stereocenters. The Morgan fingerprint density at radius 3 is 2.83 bits per heavy atom. The molecule has 2 aliphatic heterocycles. The molecule has 1 atom stereocenters. The first-order valence-corrected chi connectivity index (χ1v) is 9.21. The molecule has 2 aliphatic rings. The smallest absolute Gasteiger partial charge is 0.251 e. The minimum Gasteiger partial charge on any atom is -0.376 e. The first-order chi connectivity index (χ1) is 11.8. The van der Waals surface area contributed by atoms with Gasteiger partial charge in [-0.05, 0) is 25.0 Å². The molecule has 2 fully saturated rings. The molecule has 0 aliphatic carbocycles. The highest BCUT2D eigenvalue weighted by Gasteiger charge is 2.27. The van der Waals surface area contributed by atoms with Gasteiger partial charge in [0.15, 0.2) is 11.2 Å². The Morgan fingerprint density at radius 2 is 2.08 bits per heavy atom. The molecule has 1 amide bonds. The quantitative estimate of drug-likeness (QED) is 0.917. The van der Waals surface area contributed by atoms with Crippen molar-refractivity contribution >= 4 is 32.6 Å². The van der Waals surface area contributed by atoms with Gasteiger partial charge >= 0.3 is 0 Å². The third kappa shape index (κ3) is 3.38. The number of carbonyl (C=O) groups is 1. The molecule has 7 heteroatoms. The lowest BCUT2D eigenvalue weighted by Crippen LogP contribution is -2.50. The Kier molecular flexibility index (Phi) is 4.64. The third-order valence-corrected chi connectivity index (χ3v) is 5.60. The zero-order valence-electron chi connectivity index (χ0n) is 13.4. The van der Waals surface area contributed by atoms with Crippen molar-refractivity contribution in [1.82, 2.24) is 10.3 Å². The predicted molar refractivity (Wildman–Crippen MR) is 93.6 cm³/mol. The van der Waals surface area contributed by atoms with Crippen LogP contribution in [-0.4, -0.2) is 55.9 Å². The Labute approximate surface area is 144 Å². The van der Waals surface area contributed by atoms with E-state index in [1.54, 1.807) is 11.3 Å². The average Bonchev–Trinajstić information content (AvgIpc) is 3.07. The largest absolute Gasteiger partial charge is 0.376 e. The van der Waals surface area contributed by atoms with E-state index in [1.807, 2.05) is 12.1 Å². The van der Waals surface area contributed by atoms with Crippen molar-refractivity contribution in [2.45, 2.75) is 25.0 Å². The Hall–Kier alpha value is -1.70. The van der Waals surface area contributed by atoms with E-state index >= 15 is 0 Å². The number of anilines is 1. The summed E-state index contributed by atoms with van der Waals surface area (Å²) >= 11 is 1.73. The Morgan fingerprint density at radius 1 is 1.25 bits per heavy atom. The summed E-state index contributed by atoms with van der Waals surface area (Å²) in [5.41, 5.74) is 1.06. The number of nitrogens with one attached hydrogen (secondary N) is 1. The van der Waals surface area contributed by atoms with Gasteiger partial charge in [0.1, 0.15) is 0 Å². The van der Waals surface area contributed by atoms with Crippen LogP contribution in [0, 0.1) is 0 Å². The van der Waals surface area contributed by atoms with Gasteiger partial charge in [-0.3, -0.25) is 4.79 Å². The predicted octanol–water partition coefficient (Wildman–Crippen LogP) is 1.80. The number of thiazole rings is 1. The van der Waals surface area contributed by atoms with E-state index in [0.29, 0.717) is 19.8 Å². The lowest BCUT2D eigenvalue weighted by atomic mass is 10.1. The summed E-state index contributed by atoms with van der Waals surface area (Å²) in [6.45, 7) is 3.24. The van der Waals surface area contributed by atoms with E-state index in [4.69, 9.17) is 14.5 Å². The molecule has 0 bridgehead atoms. The molecule has 6 nitrogen and oxygen atoms in total. The number of ether oxygens (including phenoxy) is 2. The van der Waals surface area contributed by atoms with Crippen LogP contribution in [-0.2, 0) is 14.3 Å². The summed E-state index contributed by atoms with van der Waals surface area (Å²) in [6.07, 6.45) is 1.39. The number of nitrogens with zero attached hydrogens (tertiary/aromatic N) is 2. The van der Waals surface area contributed by atoms with Crippen LogP contribution in [0.1, 0.15) is 12.8 Å². The topological polar surface area (TPSA) is 63.7 Å². The second-order valence-corrected chi connectivity index (χ2v) is 7.18. The molecule has 0 radical (unpaired) electrons. The maximum Gasteiger partial charge on any atom is 0.251 e. The molecule has 2 aromatic rings. The molecule has 24 heavy (non-hydrogen) atoms. The molecule has 0 saturated carbocycles. The van der Waals surface area contributed by atoms with Crippen molar-refractivity contribution in [3.05, 3.63) is 24.3 Å². The van der Waals surface area contributed by atoms with E-state index in [1.165, 1.54) is 4.70 Å². The zero-order valence-corrected chi connectivity index (χ0v) is 14.3. The van der Waals surface area contributed by atoms with Crippen LogP contribution in [0.25, 0.3) is 10.2 Å². The van der Waals surface area contributed by atoms with Crippen molar-refractivity contribution in [3.8, 4) is 0 Å². The van der Waals surface area contributed by atoms with E-state index in [0.717, 1.165) is 36.6 Å². The number of benzene rings is 1. The van der Waals surface area contributed by atoms with Crippen LogP contribution < -0.4 is 10.2 Å². The average molecular weight is 347 g/mol. The van der Waals surface area contributed by atoms with Crippen molar-refractivity contribution in [2.75, 3.05) is 37.8 Å². The number of aromatic nitrogens is 1. The number of hydrogen-bond acceptors (Lipinski definition) is 6. The van der Waals surface area contributed by atoms with Gasteiger partial charge < -0.3 is 19.7 Å². The summed E-state index contributed by atoms with van der Waals surface area (Å²) < 4.78 is 12.0. The second kappa shape index (κ2) is 7.04. The fraction of sp³-hybridized carbons (Fsp3) is 0.529. The molecule has 4 rings (SSSR count). The van der Waals surface area contributed by atoms with Crippen LogP contribution in [0.4, 0.5) is 5.13 Å². The van der Waals surface area contributed by atoms with Gasteiger partial charge in [0.25, 0.3) is 5.91 Å². The van der Waals surface area contributed by atoms with Crippen molar-refractivity contribution < 1.29 is 14.3 Å². The maximum absolute atomic E-state index is 12.2. The van der Waals surface area contributed by atoms with Gasteiger partial charge in [-0.15, -0.1) is 0 Å². The van der Waals surface area contributed by atoms with Crippen molar-refractivity contribution in [1.29, 1.82) is 0 Å².